The summed E-state index contributed by atoms with van der Waals surface area (Å²) in [5.41, 5.74) is 7.18. The van der Waals surface area contributed by atoms with Gasteiger partial charge in [0.05, 0.1) is 6.54 Å². The zero-order valence-electron chi connectivity index (χ0n) is 12.5. The summed E-state index contributed by atoms with van der Waals surface area (Å²) in [4.78, 5) is 16.3. The molecule has 0 aromatic heterocycles. The summed E-state index contributed by atoms with van der Waals surface area (Å²) in [6.07, 6.45) is 0.983. The Hall–Kier alpha value is -1.39. The van der Waals surface area contributed by atoms with Crippen molar-refractivity contribution < 1.29 is 4.79 Å². The second-order valence-corrected chi connectivity index (χ2v) is 5.90. The zero-order valence-corrected chi connectivity index (χ0v) is 12.5. The molecule has 1 aromatic carbocycles. The van der Waals surface area contributed by atoms with Crippen LogP contribution in [0.25, 0.3) is 0 Å². The number of hydrogen-bond acceptors (Lipinski definition) is 3. The number of carbonyl (C=O) groups excluding carboxylic acids is 1. The predicted octanol–water partition coefficient (Wildman–Crippen LogP) is 1.31. The van der Waals surface area contributed by atoms with Gasteiger partial charge >= 0.3 is 0 Å². The van der Waals surface area contributed by atoms with E-state index in [1.54, 1.807) is 4.90 Å². The van der Waals surface area contributed by atoms with Crippen molar-refractivity contribution in [2.75, 3.05) is 26.7 Å². The quantitative estimate of drug-likeness (QED) is 0.901. The van der Waals surface area contributed by atoms with E-state index in [4.69, 9.17) is 5.73 Å². The molecule has 110 valence electrons. The SMILES string of the molecule is CC1CN(CC(=O)N(C)Cc2ccccc2)CCC1N. The van der Waals surface area contributed by atoms with Crippen LogP contribution in [0.3, 0.4) is 0 Å². The Morgan fingerprint density at radius 1 is 1.40 bits per heavy atom. The van der Waals surface area contributed by atoms with Gasteiger partial charge in [-0.3, -0.25) is 9.69 Å². The number of nitrogens with two attached hydrogens (primary N) is 1. The van der Waals surface area contributed by atoms with Crippen LogP contribution in [-0.4, -0.2) is 48.4 Å². The number of rotatable bonds is 4. The van der Waals surface area contributed by atoms with Crippen molar-refractivity contribution in [3.63, 3.8) is 0 Å². The molecule has 0 saturated carbocycles. The number of likely N-dealkylation sites (tertiary alicyclic amines) is 1. The highest BCUT2D eigenvalue weighted by Crippen LogP contribution is 2.14. The summed E-state index contributed by atoms with van der Waals surface area (Å²) in [5.74, 6) is 0.646. The van der Waals surface area contributed by atoms with Crippen LogP contribution in [0, 0.1) is 5.92 Å². The highest BCUT2D eigenvalue weighted by atomic mass is 16.2. The number of amides is 1. The fourth-order valence-corrected chi connectivity index (χ4v) is 2.65. The van der Waals surface area contributed by atoms with Gasteiger partial charge in [-0.05, 0) is 17.9 Å². The summed E-state index contributed by atoms with van der Waals surface area (Å²) in [5, 5.41) is 0. The lowest BCUT2D eigenvalue weighted by Crippen LogP contribution is -2.49. The molecule has 1 aromatic rings. The molecular formula is C16H25N3O. The van der Waals surface area contributed by atoms with Crippen molar-refractivity contribution in [2.24, 2.45) is 11.7 Å². The van der Waals surface area contributed by atoms with Crippen molar-refractivity contribution in [3.8, 4) is 0 Å². The van der Waals surface area contributed by atoms with E-state index in [1.807, 2.05) is 37.4 Å². The van der Waals surface area contributed by atoms with Gasteiger partial charge in [0, 0.05) is 32.7 Å². The molecule has 20 heavy (non-hydrogen) atoms. The molecule has 1 aliphatic rings. The van der Waals surface area contributed by atoms with Gasteiger partial charge in [0.2, 0.25) is 5.91 Å². The van der Waals surface area contributed by atoms with E-state index < -0.39 is 0 Å². The molecule has 0 radical (unpaired) electrons. The highest BCUT2D eigenvalue weighted by molar-refractivity contribution is 5.78. The lowest BCUT2D eigenvalue weighted by atomic mass is 9.95. The molecular weight excluding hydrogens is 250 g/mol. The first-order valence-electron chi connectivity index (χ1n) is 7.32. The van der Waals surface area contributed by atoms with E-state index in [-0.39, 0.29) is 11.9 Å². The summed E-state index contributed by atoms with van der Waals surface area (Å²) in [6.45, 7) is 5.18. The Morgan fingerprint density at radius 3 is 2.75 bits per heavy atom. The van der Waals surface area contributed by atoms with Crippen LogP contribution in [0.4, 0.5) is 0 Å². The molecule has 0 spiro atoms. The van der Waals surface area contributed by atoms with Crippen LogP contribution in [0.2, 0.25) is 0 Å². The van der Waals surface area contributed by atoms with Crippen LogP contribution in [0.1, 0.15) is 18.9 Å². The first kappa shape index (κ1) is 15.0. The van der Waals surface area contributed by atoms with Gasteiger partial charge in [-0.1, -0.05) is 37.3 Å². The average Bonchev–Trinajstić information content (AvgIpc) is 2.44. The molecule has 2 atom stereocenters. The van der Waals surface area contributed by atoms with Crippen molar-refractivity contribution in [2.45, 2.75) is 25.9 Å². The second kappa shape index (κ2) is 6.86. The van der Waals surface area contributed by atoms with Crippen molar-refractivity contribution >= 4 is 5.91 Å². The van der Waals surface area contributed by atoms with Gasteiger partial charge in [-0.15, -0.1) is 0 Å². The lowest BCUT2D eigenvalue weighted by Gasteiger charge is -2.35. The maximum Gasteiger partial charge on any atom is 0.236 e. The number of hydrogen-bond donors (Lipinski definition) is 1. The minimum absolute atomic E-state index is 0.177. The van der Waals surface area contributed by atoms with E-state index in [0.717, 1.165) is 25.1 Å². The second-order valence-electron chi connectivity index (χ2n) is 5.90. The normalized spacial score (nSPS) is 23.6. The van der Waals surface area contributed by atoms with Crippen LogP contribution < -0.4 is 5.73 Å². The largest absolute Gasteiger partial charge is 0.340 e. The summed E-state index contributed by atoms with van der Waals surface area (Å²) >= 11 is 0. The Bertz CT molecular complexity index is 435. The molecule has 2 N–H and O–H groups in total. The Balaban J connectivity index is 1.82. The first-order chi connectivity index (χ1) is 9.56. The number of carbonyl (C=O) groups is 1. The van der Waals surface area contributed by atoms with E-state index in [1.165, 1.54) is 0 Å². The summed E-state index contributed by atoms with van der Waals surface area (Å²) in [6, 6.07) is 10.4. The monoisotopic (exact) mass is 275 g/mol. The molecule has 2 unspecified atom stereocenters. The third kappa shape index (κ3) is 4.05. The van der Waals surface area contributed by atoms with E-state index >= 15 is 0 Å². The molecule has 4 heteroatoms. The van der Waals surface area contributed by atoms with Crippen LogP contribution in [-0.2, 0) is 11.3 Å². The maximum absolute atomic E-state index is 12.3. The number of benzene rings is 1. The molecule has 2 rings (SSSR count). The topological polar surface area (TPSA) is 49.6 Å². The highest BCUT2D eigenvalue weighted by Gasteiger charge is 2.25. The van der Waals surface area contributed by atoms with Crippen molar-refractivity contribution in [1.29, 1.82) is 0 Å². The third-order valence-corrected chi connectivity index (χ3v) is 4.10. The van der Waals surface area contributed by atoms with Gasteiger partial charge in [0.25, 0.3) is 0 Å². The van der Waals surface area contributed by atoms with Gasteiger partial charge in [0.1, 0.15) is 0 Å². The number of likely N-dealkylation sites (N-methyl/N-ethyl adjacent to an activating group) is 1. The third-order valence-electron chi connectivity index (χ3n) is 4.10. The fraction of sp³-hybridized carbons (Fsp3) is 0.562. The maximum atomic E-state index is 12.3. The van der Waals surface area contributed by atoms with E-state index in [9.17, 15) is 4.79 Å². The molecule has 1 aliphatic heterocycles. The lowest BCUT2D eigenvalue weighted by molar-refractivity contribution is -0.132. The molecule has 0 aliphatic carbocycles. The zero-order chi connectivity index (χ0) is 14.5. The average molecular weight is 275 g/mol. The minimum atomic E-state index is 0.177. The van der Waals surface area contributed by atoms with Crippen LogP contribution in [0.5, 0.6) is 0 Å². The van der Waals surface area contributed by atoms with Crippen molar-refractivity contribution in [3.05, 3.63) is 35.9 Å². The van der Waals surface area contributed by atoms with Gasteiger partial charge in [0.15, 0.2) is 0 Å². The Labute approximate surface area is 121 Å². The summed E-state index contributed by atoms with van der Waals surface area (Å²) in [7, 11) is 1.87. The molecule has 4 nitrogen and oxygen atoms in total. The first-order valence-corrected chi connectivity index (χ1v) is 7.32. The number of nitrogens with zero attached hydrogens (tertiary/aromatic N) is 2. The summed E-state index contributed by atoms with van der Waals surface area (Å²) < 4.78 is 0. The molecule has 0 bridgehead atoms. The number of piperidine rings is 1. The Kier molecular flexibility index (Phi) is 5.15. The minimum Gasteiger partial charge on any atom is -0.340 e. The predicted molar refractivity (Wildman–Crippen MR) is 81.1 cm³/mol. The van der Waals surface area contributed by atoms with E-state index in [0.29, 0.717) is 19.0 Å². The van der Waals surface area contributed by atoms with Gasteiger partial charge in [-0.2, -0.15) is 0 Å². The van der Waals surface area contributed by atoms with Gasteiger partial charge in [-0.25, -0.2) is 0 Å². The molecule has 1 fully saturated rings. The van der Waals surface area contributed by atoms with Gasteiger partial charge < -0.3 is 10.6 Å². The molecule has 1 amide bonds. The smallest absolute Gasteiger partial charge is 0.236 e. The van der Waals surface area contributed by atoms with Crippen LogP contribution >= 0.6 is 0 Å². The molecule has 1 heterocycles. The van der Waals surface area contributed by atoms with Crippen molar-refractivity contribution in [1.82, 2.24) is 9.80 Å². The molecule has 1 saturated heterocycles. The fourth-order valence-electron chi connectivity index (χ4n) is 2.65. The van der Waals surface area contributed by atoms with Crippen LogP contribution in [0.15, 0.2) is 30.3 Å². The van der Waals surface area contributed by atoms with E-state index in [2.05, 4.69) is 11.8 Å². The Morgan fingerprint density at radius 2 is 2.10 bits per heavy atom. The standard InChI is InChI=1S/C16H25N3O/c1-13-10-19(9-8-15(13)17)12-16(20)18(2)11-14-6-4-3-5-7-14/h3-7,13,15H,8-12,17H2,1-2H3.